The van der Waals surface area contributed by atoms with Crippen LogP contribution in [0.3, 0.4) is 0 Å². The normalized spacial score (nSPS) is 24.8. The van der Waals surface area contributed by atoms with E-state index in [-0.39, 0.29) is 29.3 Å². The Hall–Kier alpha value is -1.06. The summed E-state index contributed by atoms with van der Waals surface area (Å²) in [6.45, 7) is 6.67. The average molecular weight is 252 g/mol. The number of nitrogens with zero attached hydrogens (tertiary/aromatic N) is 1. The van der Waals surface area contributed by atoms with E-state index in [2.05, 4.69) is 5.32 Å². The van der Waals surface area contributed by atoms with Crippen molar-refractivity contribution in [3.05, 3.63) is 0 Å². The third-order valence-corrected chi connectivity index (χ3v) is 3.51. The molecule has 1 aliphatic heterocycles. The number of piperidine rings is 1. The molecular weight excluding hydrogens is 228 g/mol. The molecule has 1 saturated heterocycles. The maximum atomic E-state index is 12.3. The van der Waals surface area contributed by atoms with Crippen molar-refractivity contribution in [3.8, 4) is 0 Å². The van der Waals surface area contributed by atoms with Crippen LogP contribution in [0.2, 0.25) is 0 Å². The second-order valence-corrected chi connectivity index (χ2v) is 6.56. The number of nitrogens with one attached hydrogen (secondary N) is 1. The number of carbonyl (C=O) groups excluding carboxylic acids is 2. The van der Waals surface area contributed by atoms with Gasteiger partial charge < -0.3 is 10.2 Å². The second kappa shape index (κ2) is 4.90. The Kier molecular flexibility index (Phi) is 3.64. The van der Waals surface area contributed by atoms with Gasteiger partial charge in [0.05, 0.1) is 0 Å². The molecule has 2 fully saturated rings. The van der Waals surface area contributed by atoms with Crippen LogP contribution in [0.25, 0.3) is 0 Å². The lowest BCUT2D eigenvalue weighted by atomic mass is 9.99. The van der Waals surface area contributed by atoms with E-state index in [0.29, 0.717) is 0 Å². The van der Waals surface area contributed by atoms with Gasteiger partial charge in [-0.2, -0.15) is 0 Å². The van der Waals surface area contributed by atoms with E-state index in [1.54, 1.807) is 0 Å². The van der Waals surface area contributed by atoms with E-state index in [4.69, 9.17) is 0 Å². The van der Waals surface area contributed by atoms with Crippen LogP contribution in [0.1, 0.15) is 52.9 Å². The third kappa shape index (κ3) is 3.24. The summed E-state index contributed by atoms with van der Waals surface area (Å²) in [6.07, 6.45) is 4.88. The number of likely N-dealkylation sites (tertiary alicyclic amines) is 1. The van der Waals surface area contributed by atoms with Crippen molar-refractivity contribution >= 4 is 11.8 Å². The van der Waals surface area contributed by atoms with Gasteiger partial charge in [0.25, 0.3) is 0 Å². The van der Waals surface area contributed by atoms with Crippen LogP contribution in [0.5, 0.6) is 0 Å². The Morgan fingerprint density at radius 3 is 2.33 bits per heavy atom. The fraction of sp³-hybridized carbons (Fsp3) is 0.857. The molecule has 2 aliphatic rings. The summed E-state index contributed by atoms with van der Waals surface area (Å²) >= 11 is 0. The van der Waals surface area contributed by atoms with Crippen molar-refractivity contribution < 1.29 is 9.59 Å². The maximum absolute atomic E-state index is 12.3. The molecule has 0 radical (unpaired) electrons. The van der Waals surface area contributed by atoms with Gasteiger partial charge in [0.2, 0.25) is 11.8 Å². The van der Waals surface area contributed by atoms with Crippen molar-refractivity contribution in [2.45, 2.75) is 64.5 Å². The van der Waals surface area contributed by atoms with Gasteiger partial charge in [-0.3, -0.25) is 9.59 Å². The van der Waals surface area contributed by atoms with Crippen LogP contribution in [0.4, 0.5) is 0 Å². The molecule has 1 atom stereocenters. The molecule has 18 heavy (non-hydrogen) atoms. The fourth-order valence-corrected chi connectivity index (χ4v) is 2.49. The van der Waals surface area contributed by atoms with Crippen LogP contribution in [0, 0.1) is 5.92 Å². The van der Waals surface area contributed by atoms with Gasteiger partial charge in [-0.25, -0.2) is 0 Å². The van der Waals surface area contributed by atoms with Crippen LogP contribution in [-0.4, -0.2) is 34.8 Å². The summed E-state index contributed by atoms with van der Waals surface area (Å²) in [7, 11) is 0. The number of rotatable bonds is 2. The zero-order valence-corrected chi connectivity index (χ0v) is 11.7. The molecule has 102 valence electrons. The van der Waals surface area contributed by atoms with E-state index in [0.717, 1.165) is 38.6 Å². The minimum Gasteiger partial charge on any atom is -0.350 e. The van der Waals surface area contributed by atoms with Gasteiger partial charge in [-0.1, -0.05) is 0 Å². The standard InChI is InChI=1S/C14H24N2O2/c1-14(2,3)15-12(17)11-6-4-5-9-16(11)13(18)10-7-8-10/h10-11H,4-9H2,1-3H3,(H,15,17). The minimum absolute atomic E-state index is 0.0104. The van der Waals surface area contributed by atoms with Crippen molar-refractivity contribution in [1.82, 2.24) is 10.2 Å². The van der Waals surface area contributed by atoms with Crippen molar-refractivity contribution in [1.29, 1.82) is 0 Å². The summed E-state index contributed by atoms with van der Waals surface area (Å²) in [5.74, 6) is 0.410. The summed E-state index contributed by atoms with van der Waals surface area (Å²) in [5.41, 5.74) is -0.233. The van der Waals surface area contributed by atoms with E-state index in [1.807, 2.05) is 25.7 Å². The molecule has 0 aromatic heterocycles. The average Bonchev–Trinajstić information content (AvgIpc) is 3.09. The maximum Gasteiger partial charge on any atom is 0.243 e. The predicted octanol–water partition coefficient (Wildman–Crippen LogP) is 1.69. The second-order valence-electron chi connectivity index (χ2n) is 6.56. The van der Waals surface area contributed by atoms with Crippen molar-refractivity contribution in [2.24, 2.45) is 5.92 Å². The van der Waals surface area contributed by atoms with E-state index in [1.165, 1.54) is 0 Å². The number of hydrogen-bond donors (Lipinski definition) is 1. The molecule has 4 heteroatoms. The van der Waals surface area contributed by atoms with Gasteiger partial charge >= 0.3 is 0 Å². The smallest absolute Gasteiger partial charge is 0.243 e. The van der Waals surface area contributed by atoms with Gasteiger partial charge in [0.1, 0.15) is 6.04 Å². The molecule has 2 amide bonds. The molecule has 1 unspecified atom stereocenters. The fourth-order valence-electron chi connectivity index (χ4n) is 2.49. The SMILES string of the molecule is CC(C)(C)NC(=O)C1CCCCN1C(=O)C1CC1. The highest BCUT2D eigenvalue weighted by Crippen LogP contribution is 2.33. The van der Waals surface area contributed by atoms with Gasteiger partial charge in [0.15, 0.2) is 0 Å². The zero-order valence-electron chi connectivity index (χ0n) is 11.7. The summed E-state index contributed by atoms with van der Waals surface area (Å²) in [4.78, 5) is 26.3. The number of carbonyl (C=O) groups is 2. The summed E-state index contributed by atoms with van der Waals surface area (Å²) < 4.78 is 0. The molecule has 1 N–H and O–H groups in total. The molecule has 0 aromatic carbocycles. The largest absolute Gasteiger partial charge is 0.350 e. The molecular formula is C14H24N2O2. The monoisotopic (exact) mass is 252 g/mol. The molecule has 1 saturated carbocycles. The number of amides is 2. The highest BCUT2D eigenvalue weighted by atomic mass is 16.2. The van der Waals surface area contributed by atoms with Crippen LogP contribution >= 0.6 is 0 Å². The Balaban J connectivity index is 2.02. The first-order chi connectivity index (χ1) is 8.38. The molecule has 0 spiro atoms. The molecule has 1 aliphatic carbocycles. The van der Waals surface area contributed by atoms with E-state index < -0.39 is 0 Å². The van der Waals surface area contributed by atoms with Crippen LogP contribution in [0.15, 0.2) is 0 Å². The van der Waals surface area contributed by atoms with E-state index >= 15 is 0 Å². The Morgan fingerprint density at radius 2 is 1.78 bits per heavy atom. The highest BCUT2D eigenvalue weighted by Gasteiger charge is 2.40. The topological polar surface area (TPSA) is 49.4 Å². The predicted molar refractivity (Wildman–Crippen MR) is 70.0 cm³/mol. The zero-order chi connectivity index (χ0) is 13.3. The van der Waals surface area contributed by atoms with Gasteiger partial charge in [-0.15, -0.1) is 0 Å². The first kappa shape index (κ1) is 13.4. The lowest BCUT2D eigenvalue weighted by molar-refractivity contribution is -0.143. The third-order valence-electron chi connectivity index (χ3n) is 3.51. The molecule has 4 nitrogen and oxygen atoms in total. The molecule has 0 aromatic rings. The van der Waals surface area contributed by atoms with Crippen molar-refractivity contribution in [3.63, 3.8) is 0 Å². The molecule has 2 rings (SSSR count). The van der Waals surface area contributed by atoms with Gasteiger partial charge in [0, 0.05) is 18.0 Å². The lowest BCUT2D eigenvalue weighted by Gasteiger charge is -2.36. The first-order valence-corrected chi connectivity index (χ1v) is 7.01. The first-order valence-electron chi connectivity index (χ1n) is 7.01. The quantitative estimate of drug-likeness (QED) is 0.813. The van der Waals surface area contributed by atoms with Crippen molar-refractivity contribution in [2.75, 3.05) is 6.54 Å². The Morgan fingerprint density at radius 1 is 1.11 bits per heavy atom. The summed E-state index contributed by atoms with van der Waals surface area (Å²) in [6, 6.07) is -0.244. The van der Waals surface area contributed by atoms with Gasteiger partial charge in [-0.05, 0) is 52.9 Å². The van der Waals surface area contributed by atoms with E-state index in [9.17, 15) is 9.59 Å². The summed E-state index contributed by atoms with van der Waals surface area (Å²) in [5, 5.41) is 3.00. The molecule has 0 bridgehead atoms. The lowest BCUT2D eigenvalue weighted by Crippen LogP contribution is -2.55. The number of hydrogen-bond acceptors (Lipinski definition) is 2. The Bertz CT molecular complexity index is 342. The van der Waals surface area contributed by atoms with Crippen LogP contribution < -0.4 is 5.32 Å². The molecule has 1 heterocycles. The minimum atomic E-state index is -0.244. The highest BCUT2D eigenvalue weighted by molar-refractivity contribution is 5.89. The Labute approximate surface area is 109 Å². The van der Waals surface area contributed by atoms with Crippen LogP contribution in [-0.2, 0) is 9.59 Å².